The monoisotopic (exact) mass is 143 g/mol. The zero-order valence-corrected chi connectivity index (χ0v) is 4.47. The molecule has 47 valence electrons. The molecule has 0 N–H and O–H groups in total. The van der Waals surface area contributed by atoms with Crippen molar-refractivity contribution in [3.05, 3.63) is 0 Å². The van der Waals surface area contributed by atoms with Gasteiger partial charge >= 0.3 is 6.18 Å². The van der Waals surface area contributed by atoms with Crippen LogP contribution in [0.1, 0.15) is 0 Å². The Morgan fingerprint density at radius 2 is 2.00 bits per heavy atom. The number of thioether (sulfide) groups is 1. The van der Waals surface area contributed by atoms with Crippen molar-refractivity contribution >= 4 is 17.4 Å². The van der Waals surface area contributed by atoms with E-state index in [2.05, 4.69) is 0 Å². The van der Waals surface area contributed by atoms with Gasteiger partial charge in [0.05, 0.1) is 5.75 Å². The summed E-state index contributed by atoms with van der Waals surface area (Å²) in [6, 6.07) is 0. The van der Waals surface area contributed by atoms with Crippen LogP contribution in [-0.2, 0) is 4.79 Å². The molecule has 0 aliphatic rings. The van der Waals surface area contributed by atoms with Gasteiger partial charge in [-0.2, -0.15) is 13.2 Å². The number of carbonyl (C=O) groups excluding carboxylic acids is 1. The predicted molar refractivity (Wildman–Crippen MR) is 24.2 cm³/mol. The van der Waals surface area contributed by atoms with Crippen LogP contribution in [0.25, 0.3) is 0 Å². The van der Waals surface area contributed by atoms with E-state index < -0.39 is 11.9 Å². The molecule has 0 aromatic rings. The smallest absolute Gasteiger partial charge is 0.277 e. The second kappa shape index (κ2) is 2.96. The van der Waals surface area contributed by atoms with E-state index in [1.54, 1.807) is 0 Å². The van der Waals surface area contributed by atoms with E-state index >= 15 is 0 Å². The van der Waals surface area contributed by atoms with E-state index in [-0.39, 0.29) is 11.8 Å². The van der Waals surface area contributed by atoms with Crippen molar-refractivity contribution in [3.8, 4) is 0 Å². The normalized spacial score (nSPS) is 11.4. The fourth-order valence-electron chi connectivity index (χ4n) is 0.111. The molecule has 5 heteroatoms. The zero-order chi connectivity index (χ0) is 6.62. The van der Waals surface area contributed by atoms with Crippen LogP contribution in [0.3, 0.4) is 0 Å². The van der Waals surface area contributed by atoms with Crippen LogP contribution >= 0.6 is 11.8 Å². The van der Waals surface area contributed by atoms with E-state index in [1.807, 2.05) is 0 Å². The predicted octanol–water partition coefficient (Wildman–Crippen LogP) is 1.35. The maximum atomic E-state index is 11.0. The molecule has 0 aromatic heterocycles. The van der Waals surface area contributed by atoms with Crippen LogP contribution in [0.4, 0.5) is 13.2 Å². The first kappa shape index (κ1) is 7.81. The van der Waals surface area contributed by atoms with Crippen LogP contribution in [-0.4, -0.2) is 17.5 Å². The largest absolute Gasteiger partial charge is 0.398 e. The Morgan fingerprint density at radius 1 is 1.50 bits per heavy atom. The molecule has 0 fully saturated rings. The molecule has 0 aliphatic heterocycles. The van der Waals surface area contributed by atoms with Crippen molar-refractivity contribution in [2.45, 2.75) is 6.18 Å². The third-order valence-electron chi connectivity index (χ3n) is 0.295. The molecule has 0 unspecified atom stereocenters. The van der Waals surface area contributed by atoms with Gasteiger partial charge in [-0.05, 0) is 0 Å². The molecule has 0 saturated carbocycles. The topological polar surface area (TPSA) is 17.1 Å². The maximum Gasteiger partial charge on any atom is 0.398 e. The maximum absolute atomic E-state index is 11.0. The zero-order valence-electron chi connectivity index (χ0n) is 3.66. The minimum atomic E-state index is -4.25. The van der Waals surface area contributed by atoms with Crippen molar-refractivity contribution < 1.29 is 18.0 Å². The van der Waals surface area contributed by atoms with Crippen LogP contribution < -0.4 is 0 Å². The summed E-state index contributed by atoms with van der Waals surface area (Å²) in [6.07, 6.45) is -4.25. The van der Waals surface area contributed by atoms with E-state index in [4.69, 9.17) is 0 Å². The van der Waals surface area contributed by atoms with Gasteiger partial charge in [-0.25, -0.2) is 0 Å². The molecule has 0 spiro atoms. The van der Waals surface area contributed by atoms with Gasteiger partial charge in [0.1, 0.15) is 0 Å². The van der Waals surface area contributed by atoms with E-state index in [0.29, 0.717) is 0 Å². The molecular weight excluding hydrogens is 141 g/mol. The molecular formula is C3H2F3OS. The van der Waals surface area contributed by atoms with Crippen LogP contribution in [0.15, 0.2) is 0 Å². The van der Waals surface area contributed by atoms with Crippen molar-refractivity contribution in [1.29, 1.82) is 0 Å². The van der Waals surface area contributed by atoms with Gasteiger partial charge in [0.15, 0.2) is 0 Å². The summed E-state index contributed by atoms with van der Waals surface area (Å²) in [7, 11) is 0. The number of hydrogen-bond acceptors (Lipinski definition) is 2. The fourth-order valence-corrected chi connectivity index (χ4v) is 0.334. The summed E-state index contributed by atoms with van der Waals surface area (Å²) in [5, 5.41) is 0. The lowest BCUT2D eigenvalue weighted by atomic mass is 10.8. The average Bonchev–Trinajstić information content (AvgIpc) is 1.59. The first-order chi connectivity index (χ1) is 3.56. The summed E-state index contributed by atoms with van der Waals surface area (Å²) in [6.45, 7) is 0. The molecule has 0 saturated heterocycles. The summed E-state index contributed by atoms with van der Waals surface area (Å²) in [5.41, 5.74) is 1.07. The number of rotatable bonds is 2. The van der Waals surface area contributed by atoms with Gasteiger partial charge < -0.3 is 0 Å². The van der Waals surface area contributed by atoms with Crippen molar-refractivity contribution in [3.63, 3.8) is 0 Å². The SMILES string of the molecule is O=[C]SCC(F)(F)F. The fraction of sp³-hybridized carbons (Fsp3) is 0.667. The molecule has 0 aromatic carbocycles. The standard InChI is InChI=1S/C3H2F3OS/c4-3(5,6)1-8-2-7/h1H2. The number of halogens is 3. The van der Waals surface area contributed by atoms with Crippen molar-refractivity contribution in [1.82, 2.24) is 0 Å². The number of hydrogen-bond donors (Lipinski definition) is 0. The van der Waals surface area contributed by atoms with Crippen molar-refractivity contribution in [2.24, 2.45) is 0 Å². The Hall–Kier alpha value is -0.190. The highest BCUT2D eigenvalue weighted by Gasteiger charge is 2.26. The molecule has 0 bridgehead atoms. The third-order valence-corrected chi connectivity index (χ3v) is 0.884. The summed E-state index contributed by atoms with van der Waals surface area (Å²) in [5.74, 6) is -1.14. The Morgan fingerprint density at radius 3 is 2.12 bits per heavy atom. The van der Waals surface area contributed by atoms with Crippen molar-refractivity contribution in [2.75, 3.05) is 5.75 Å². The highest BCUT2D eigenvalue weighted by Crippen LogP contribution is 2.18. The van der Waals surface area contributed by atoms with Gasteiger partial charge in [0, 0.05) is 0 Å². The highest BCUT2D eigenvalue weighted by molar-refractivity contribution is 8.11. The molecule has 1 nitrogen and oxygen atoms in total. The average molecular weight is 143 g/mol. The Balaban J connectivity index is 3.24. The minimum absolute atomic E-state index is 0.0845. The second-order valence-electron chi connectivity index (χ2n) is 0.987. The van der Waals surface area contributed by atoms with Gasteiger partial charge in [-0.3, -0.25) is 4.79 Å². The lowest BCUT2D eigenvalue weighted by molar-refractivity contribution is -0.105. The Bertz CT molecular complexity index is 79.1. The Kier molecular flexibility index (Phi) is 2.89. The highest BCUT2D eigenvalue weighted by atomic mass is 32.2. The first-order valence-corrected chi connectivity index (χ1v) is 2.60. The molecule has 1 radical (unpaired) electrons. The summed E-state index contributed by atoms with van der Waals surface area (Å²) < 4.78 is 33.1. The van der Waals surface area contributed by atoms with E-state index in [0.717, 1.165) is 5.62 Å². The molecule has 0 heterocycles. The van der Waals surface area contributed by atoms with Gasteiger partial charge in [-0.15, -0.1) is 0 Å². The number of alkyl halides is 3. The molecule has 0 atom stereocenters. The minimum Gasteiger partial charge on any atom is -0.277 e. The second-order valence-corrected chi connectivity index (χ2v) is 1.73. The molecule has 0 amide bonds. The van der Waals surface area contributed by atoms with E-state index in [9.17, 15) is 18.0 Å². The Labute approximate surface area is 48.3 Å². The van der Waals surface area contributed by atoms with Gasteiger partial charge in [-0.1, -0.05) is 11.8 Å². The molecule has 8 heavy (non-hydrogen) atoms. The van der Waals surface area contributed by atoms with Gasteiger partial charge in [0.2, 0.25) is 0 Å². The van der Waals surface area contributed by atoms with Gasteiger partial charge in [0.25, 0.3) is 5.62 Å². The lowest BCUT2D eigenvalue weighted by Gasteiger charge is -1.98. The van der Waals surface area contributed by atoms with Crippen LogP contribution in [0.2, 0.25) is 0 Å². The quantitative estimate of drug-likeness (QED) is 0.580. The summed E-state index contributed by atoms with van der Waals surface area (Å²) in [4.78, 5) is 9.19. The first-order valence-electron chi connectivity index (χ1n) is 1.62. The van der Waals surface area contributed by atoms with E-state index in [1.165, 1.54) is 0 Å². The third kappa shape index (κ3) is 5.81. The summed E-state index contributed by atoms with van der Waals surface area (Å²) >= 11 is 0.0845. The van der Waals surface area contributed by atoms with Crippen LogP contribution in [0, 0.1) is 0 Å². The lowest BCUT2D eigenvalue weighted by Crippen LogP contribution is -2.10. The molecule has 0 rings (SSSR count). The van der Waals surface area contributed by atoms with Crippen LogP contribution in [0.5, 0.6) is 0 Å². The molecule has 0 aliphatic carbocycles.